The predicted molar refractivity (Wildman–Crippen MR) is 62.8 cm³/mol. The van der Waals surface area contributed by atoms with Crippen LogP contribution in [0.4, 0.5) is 0 Å². The number of hydrogen-bond acceptors (Lipinski definition) is 3. The lowest BCUT2D eigenvalue weighted by Crippen LogP contribution is -2.45. The molecule has 0 saturated carbocycles. The van der Waals surface area contributed by atoms with Crippen molar-refractivity contribution in [2.24, 2.45) is 11.8 Å². The van der Waals surface area contributed by atoms with E-state index in [0.29, 0.717) is 6.54 Å². The second-order valence-corrected chi connectivity index (χ2v) is 6.33. The Kier molecular flexibility index (Phi) is 2.05. The molecule has 3 rings (SSSR count). The first-order valence-electron chi connectivity index (χ1n) is 6.18. The average Bonchev–Trinajstić information content (AvgIpc) is 2.85. The van der Waals surface area contributed by atoms with Crippen molar-refractivity contribution < 1.29 is 19.4 Å². The summed E-state index contributed by atoms with van der Waals surface area (Å²) in [6.07, 6.45) is 3.22. The zero-order valence-corrected chi connectivity index (χ0v) is 10.7. The van der Waals surface area contributed by atoms with E-state index in [9.17, 15) is 14.7 Å². The van der Waals surface area contributed by atoms with Crippen molar-refractivity contribution in [3.05, 3.63) is 12.2 Å². The Hall–Kier alpha value is -1.36. The summed E-state index contributed by atoms with van der Waals surface area (Å²) < 4.78 is 5.80. The quantitative estimate of drug-likeness (QED) is 0.695. The highest BCUT2D eigenvalue weighted by Crippen LogP contribution is 2.52. The number of carbonyl (C=O) groups excluding carboxylic acids is 1. The van der Waals surface area contributed by atoms with Crippen molar-refractivity contribution in [2.45, 2.75) is 38.0 Å². The summed E-state index contributed by atoms with van der Waals surface area (Å²) in [5, 5.41) is 9.30. The number of amides is 1. The van der Waals surface area contributed by atoms with E-state index in [1.54, 1.807) is 11.0 Å². The summed E-state index contributed by atoms with van der Waals surface area (Å²) in [6.45, 7) is 6.31. The van der Waals surface area contributed by atoms with Gasteiger partial charge in [-0.05, 0) is 20.8 Å². The van der Waals surface area contributed by atoms with Crippen LogP contribution >= 0.6 is 0 Å². The first-order valence-corrected chi connectivity index (χ1v) is 6.18. The van der Waals surface area contributed by atoms with Crippen LogP contribution in [0.1, 0.15) is 20.8 Å². The highest BCUT2D eigenvalue weighted by atomic mass is 16.5. The molecule has 1 spiro atoms. The van der Waals surface area contributed by atoms with Gasteiger partial charge >= 0.3 is 5.97 Å². The number of rotatable bonds is 1. The zero-order chi connectivity index (χ0) is 13.3. The summed E-state index contributed by atoms with van der Waals surface area (Å²) in [5.41, 5.74) is -1.02. The molecule has 0 aromatic carbocycles. The Morgan fingerprint density at radius 1 is 1.56 bits per heavy atom. The Balaban J connectivity index is 2.02. The standard InChI is InChI=1S/C13H17NO4/c1-12(2,3)14-6-13-5-4-7(18-13)8(11(16)17)9(13)10(14)15/h4-5,7-9H,6H2,1-3H3,(H,16,17)/t7-,8+,9-,13-/m1/s1. The van der Waals surface area contributed by atoms with Gasteiger partial charge in [0.2, 0.25) is 5.91 Å². The van der Waals surface area contributed by atoms with Crippen molar-refractivity contribution in [1.29, 1.82) is 0 Å². The average molecular weight is 251 g/mol. The summed E-state index contributed by atoms with van der Waals surface area (Å²) in [6, 6.07) is 0. The Labute approximate surface area is 105 Å². The molecule has 0 aromatic heterocycles. The lowest BCUT2D eigenvalue weighted by Gasteiger charge is -2.33. The van der Waals surface area contributed by atoms with Gasteiger partial charge in [-0.25, -0.2) is 0 Å². The molecule has 2 bridgehead atoms. The molecule has 2 saturated heterocycles. The molecule has 2 fully saturated rings. The van der Waals surface area contributed by atoms with Gasteiger partial charge in [-0.2, -0.15) is 0 Å². The second kappa shape index (κ2) is 3.15. The number of carboxylic acid groups (broad SMARTS) is 1. The normalized spacial score (nSPS) is 41.6. The van der Waals surface area contributed by atoms with Gasteiger partial charge in [0, 0.05) is 5.54 Å². The number of ether oxygens (including phenoxy) is 1. The van der Waals surface area contributed by atoms with E-state index in [2.05, 4.69) is 0 Å². The molecule has 3 aliphatic rings. The van der Waals surface area contributed by atoms with Crippen LogP contribution in [0.2, 0.25) is 0 Å². The monoisotopic (exact) mass is 251 g/mol. The van der Waals surface area contributed by atoms with Gasteiger partial charge in [0.15, 0.2) is 0 Å². The first kappa shape index (κ1) is 11.7. The summed E-state index contributed by atoms with van der Waals surface area (Å²) in [4.78, 5) is 25.6. The molecular weight excluding hydrogens is 234 g/mol. The van der Waals surface area contributed by atoms with Gasteiger partial charge < -0.3 is 14.7 Å². The Morgan fingerprint density at radius 2 is 2.22 bits per heavy atom. The van der Waals surface area contributed by atoms with Gasteiger partial charge in [-0.15, -0.1) is 0 Å². The van der Waals surface area contributed by atoms with Crippen molar-refractivity contribution >= 4 is 11.9 Å². The van der Waals surface area contributed by atoms with Crippen LogP contribution < -0.4 is 0 Å². The van der Waals surface area contributed by atoms with E-state index >= 15 is 0 Å². The van der Waals surface area contributed by atoms with Crippen LogP contribution in [0.15, 0.2) is 12.2 Å². The number of nitrogens with zero attached hydrogens (tertiary/aromatic N) is 1. The van der Waals surface area contributed by atoms with Crippen molar-refractivity contribution in [3.8, 4) is 0 Å². The van der Waals surface area contributed by atoms with Gasteiger partial charge in [-0.1, -0.05) is 12.2 Å². The molecule has 5 heteroatoms. The number of fused-ring (bicyclic) bond motifs is 1. The lowest BCUT2D eigenvalue weighted by atomic mass is 9.77. The van der Waals surface area contributed by atoms with E-state index in [1.807, 2.05) is 26.8 Å². The molecule has 18 heavy (non-hydrogen) atoms. The van der Waals surface area contributed by atoms with Crippen LogP contribution in [0.3, 0.4) is 0 Å². The van der Waals surface area contributed by atoms with Crippen LogP contribution in [-0.2, 0) is 14.3 Å². The predicted octanol–water partition coefficient (Wildman–Crippen LogP) is 0.651. The van der Waals surface area contributed by atoms with Gasteiger partial charge in [-0.3, -0.25) is 9.59 Å². The van der Waals surface area contributed by atoms with E-state index in [1.165, 1.54) is 0 Å². The maximum absolute atomic E-state index is 12.5. The highest BCUT2D eigenvalue weighted by molar-refractivity contribution is 5.91. The topological polar surface area (TPSA) is 66.8 Å². The third-order valence-electron chi connectivity index (χ3n) is 4.20. The lowest BCUT2D eigenvalue weighted by molar-refractivity contribution is -0.149. The minimum absolute atomic E-state index is 0.0956. The molecule has 0 unspecified atom stereocenters. The van der Waals surface area contributed by atoms with E-state index in [0.717, 1.165) is 0 Å². The van der Waals surface area contributed by atoms with Crippen LogP contribution in [0, 0.1) is 11.8 Å². The highest BCUT2D eigenvalue weighted by Gasteiger charge is 2.67. The molecule has 0 radical (unpaired) electrons. The smallest absolute Gasteiger partial charge is 0.310 e. The molecule has 98 valence electrons. The van der Waals surface area contributed by atoms with E-state index in [-0.39, 0.29) is 11.4 Å². The van der Waals surface area contributed by atoms with Crippen LogP contribution in [-0.4, -0.2) is 45.7 Å². The van der Waals surface area contributed by atoms with Gasteiger partial charge in [0.25, 0.3) is 0 Å². The summed E-state index contributed by atoms with van der Waals surface area (Å²) in [7, 11) is 0. The first-order chi connectivity index (χ1) is 8.26. The number of likely N-dealkylation sites (tertiary alicyclic amines) is 1. The number of hydrogen-bond donors (Lipinski definition) is 1. The maximum Gasteiger partial charge on any atom is 0.310 e. The van der Waals surface area contributed by atoms with Crippen molar-refractivity contribution in [2.75, 3.05) is 6.54 Å². The molecule has 3 heterocycles. The minimum Gasteiger partial charge on any atom is -0.481 e. The molecule has 5 nitrogen and oxygen atoms in total. The zero-order valence-electron chi connectivity index (χ0n) is 10.7. The van der Waals surface area contributed by atoms with Gasteiger partial charge in [0.05, 0.1) is 18.6 Å². The minimum atomic E-state index is -0.944. The Morgan fingerprint density at radius 3 is 2.78 bits per heavy atom. The molecule has 0 aromatic rings. The SMILES string of the molecule is CC(C)(C)N1C[C@@]23C=C[C@@H](O2)[C@H](C(=O)O)[C@@H]3C1=O. The van der Waals surface area contributed by atoms with Crippen molar-refractivity contribution in [3.63, 3.8) is 0 Å². The molecule has 1 amide bonds. The van der Waals surface area contributed by atoms with Crippen molar-refractivity contribution in [1.82, 2.24) is 4.90 Å². The summed E-state index contributed by atoms with van der Waals surface area (Å²) in [5.74, 6) is -2.35. The number of carbonyl (C=O) groups is 2. The summed E-state index contributed by atoms with van der Waals surface area (Å²) >= 11 is 0. The fraction of sp³-hybridized carbons (Fsp3) is 0.692. The third kappa shape index (κ3) is 1.25. The number of carboxylic acids is 1. The largest absolute Gasteiger partial charge is 0.481 e. The molecule has 0 aliphatic carbocycles. The molecule has 1 N–H and O–H groups in total. The fourth-order valence-electron chi connectivity index (χ4n) is 3.35. The fourth-order valence-corrected chi connectivity index (χ4v) is 3.35. The molecule has 3 aliphatic heterocycles. The second-order valence-electron chi connectivity index (χ2n) is 6.33. The number of aliphatic carboxylic acids is 1. The third-order valence-corrected chi connectivity index (χ3v) is 4.20. The van der Waals surface area contributed by atoms with Crippen LogP contribution in [0.25, 0.3) is 0 Å². The van der Waals surface area contributed by atoms with Gasteiger partial charge in [0.1, 0.15) is 11.5 Å². The molecular formula is C13H17NO4. The van der Waals surface area contributed by atoms with Crippen LogP contribution in [0.5, 0.6) is 0 Å². The molecule has 4 atom stereocenters. The maximum atomic E-state index is 12.5. The Bertz CT molecular complexity index is 464. The van der Waals surface area contributed by atoms with E-state index in [4.69, 9.17) is 4.74 Å². The van der Waals surface area contributed by atoms with E-state index < -0.39 is 29.5 Å².